The smallest absolute Gasteiger partial charge is 0.240 e. The maximum Gasteiger partial charge on any atom is 0.240 e. The SMILES string of the molecule is C[C@]12CC3CC(C(=O)NN)(C1)C[C@](C)(C3)C2. The summed E-state index contributed by atoms with van der Waals surface area (Å²) < 4.78 is 0. The molecule has 0 radical (unpaired) electrons. The summed E-state index contributed by atoms with van der Waals surface area (Å²) in [4.78, 5) is 12.1. The zero-order valence-electron chi connectivity index (χ0n) is 10.3. The maximum absolute atomic E-state index is 12.1. The number of carbonyl (C=O) groups excluding carboxylic acids is 1. The van der Waals surface area contributed by atoms with Crippen molar-refractivity contribution in [1.82, 2.24) is 5.43 Å². The zero-order chi connectivity index (χ0) is 11.6. The molecule has 1 amide bonds. The summed E-state index contributed by atoms with van der Waals surface area (Å²) >= 11 is 0. The van der Waals surface area contributed by atoms with Crippen LogP contribution in [-0.4, -0.2) is 5.91 Å². The van der Waals surface area contributed by atoms with E-state index in [-0.39, 0.29) is 11.3 Å². The Bertz CT molecular complexity index is 334. The van der Waals surface area contributed by atoms with Crippen LogP contribution in [0.1, 0.15) is 52.4 Å². The van der Waals surface area contributed by atoms with Crippen molar-refractivity contribution in [2.75, 3.05) is 0 Å². The van der Waals surface area contributed by atoms with Gasteiger partial charge in [0.2, 0.25) is 5.91 Å². The molecule has 16 heavy (non-hydrogen) atoms. The molecule has 0 aromatic carbocycles. The number of rotatable bonds is 1. The predicted molar refractivity (Wildman–Crippen MR) is 62.2 cm³/mol. The lowest BCUT2D eigenvalue weighted by molar-refractivity contribution is -0.170. The standard InChI is InChI=1S/C13H22N2O/c1-11-3-9-4-12(2,6-11)8-13(5-9,7-11)10(16)15-14/h9H,3-8,14H2,1-2H3,(H,15,16)/t9?,11-,12-,13?/m1/s1. The van der Waals surface area contributed by atoms with Crippen LogP contribution < -0.4 is 11.3 Å². The molecule has 0 spiro atoms. The molecule has 2 atom stereocenters. The average molecular weight is 222 g/mol. The second kappa shape index (κ2) is 2.81. The first kappa shape index (κ1) is 10.6. The number of nitrogens with one attached hydrogen (secondary N) is 1. The van der Waals surface area contributed by atoms with Crippen LogP contribution in [0.4, 0.5) is 0 Å². The Balaban J connectivity index is 2.01. The molecule has 4 aliphatic rings. The number of carbonyl (C=O) groups is 1. The molecule has 0 aromatic rings. The minimum atomic E-state index is -0.141. The summed E-state index contributed by atoms with van der Waals surface area (Å²) in [6.07, 6.45) is 7.12. The lowest BCUT2D eigenvalue weighted by Gasteiger charge is -2.64. The van der Waals surface area contributed by atoms with Crippen LogP contribution in [0.15, 0.2) is 0 Å². The summed E-state index contributed by atoms with van der Waals surface area (Å²) in [5.74, 6) is 6.23. The van der Waals surface area contributed by atoms with Crippen LogP contribution in [0.2, 0.25) is 0 Å². The number of amides is 1. The summed E-state index contributed by atoms with van der Waals surface area (Å²) in [5.41, 5.74) is 3.06. The monoisotopic (exact) mass is 222 g/mol. The lowest BCUT2D eigenvalue weighted by Crippen LogP contribution is -2.60. The van der Waals surface area contributed by atoms with Gasteiger partial charge in [-0.1, -0.05) is 13.8 Å². The van der Waals surface area contributed by atoms with Gasteiger partial charge in [-0.15, -0.1) is 0 Å². The van der Waals surface area contributed by atoms with E-state index in [1.807, 2.05) is 0 Å². The molecule has 4 aliphatic carbocycles. The fourth-order valence-electron chi connectivity index (χ4n) is 5.85. The molecule has 0 unspecified atom stereocenters. The van der Waals surface area contributed by atoms with Crippen LogP contribution >= 0.6 is 0 Å². The Labute approximate surface area is 97.1 Å². The predicted octanol–water partition coefficient (Wildman–Crippen LogP) is 1.97. The highest BCUT2D eigenvalue weighted by molar-refractivity contribution is 5.82. The van der Waals surface area contributed by atoms with E-state index in [0.717, 1.165) is 25.2 Å². The summed E-state index contributed by atoms with van der Waals surface area (Å²) in [6.45, 7) is 4.74. The number of hydrogen-bond donors (Lipinski definition) is 2. The molecule has 0 aromatic heterocycles. The zero-order valence-corrected chi connectivity index (χ0v) is 10.3. The van der Waals surface area contributed by atoms with E-state index in [0.29, 0.717) is 10.8 Å². The van der Waals surface area contributed by atoms with E-state index in [4.69, 9.17) is 5.84 Å². The highest BCUT2D eigenvalue weighted by Gasteiger charge is 2.62. The number of hydrogen-bond acceptors (Lipinski definition) is 2. The molecule has 3 heteroatoms. The average Bonchev–Trinajstić information content (AvgIpc) is 2.10. The fourth-order valence-corrected chi connectivity index (χ4v) is 5.85. The molecule has 0 saturated heterocycles. The summed E-state index contributed by atoms with van der Waals surface area (Å²) in [7, 11) is 0. The Morgan fingerprint density at radius 1 is 1.12 bits per heavy atom. The minimum absolute atomic E-state index is 0.0917. The molecule has 90 valence electrons. The Kier molecular flexibility index (Phi) is 1.86. The van der Waals surface area contributed by atoms with Crippen molar-refractivity contribution < 1.29 is 4.79 Å². The Morgan fingerprint density at radius 2 is 1.69 bits per heavy atom. The van der Waals surface area contributed by atoms with Gasteiger partial charge in [0.05, 0.1) is 5.41 Å². The molecule has 0 aliphatic heterocycles. The van der Waals surface area contributed by atoms with Crippen LogP contribution in [0.25, 0.3) is 0 Å². The topological polar surface area (TPSA) is 55.1 Å². The Morgan fingerprint density at radius 3 is 2.12 bits per heavy atom. The van der Waals surface area contributed by atoms with Gasteiger partial charge in [-0.2, -0.15) is 0 Å². The van der Waals surface area contributed by atoms with Crippen molar-refractivity contribution >= 4 is 5.91 Å². The van der Waals surface area contributed by atoms with Crippen molar-refractivity contribution in [3.05, 3.63) is 0 Å². The molecule has 4 fully saturated rings. The molecule has 4 saturated carbocycles. The molecular weight excluding hydrogens is 200 g/mol. The molecule has 4 bridgehead atoms. The summed E-state index contributed by atoms with van der Waals surface area (Å²) in [5, 5.41) is 0. The highest BCUT2D eigenvalue weighted by atomic mass is 16.2. The first-order valence-electron chi connectivity index (χ1n) is 6.40. The fraction of sp³-hybridized carbons (Fsp3) is 0.923. The van der Waals surface area contributed by atoms with Gasteiger partial charge in [0.1, 0.15) is 0 Å². The first-order chi connectivity index (χ1) is 7.39. The molecule has 3 nitrogen and oxygen atoms in total. The van der Waals surface area contributed by atoms with Crippen molar-refractivity contribution in [2.24, 2.45) is 28.0 Å². The van der Waals surface area contributed by atoms with Crippen molar-refractivity contribution in [2.45, 2.75) is 52.4 Å². The van der Waals surface area contributed by atoms with Gasteiger partial charge in [0.25, 0.3) is 0 Å². The van der Waals surface area contributed by atoms with Crippen LogP contribution in [-0.2, 0) is 4.79 Å². The second-order valence-corrected chi connectivity index (χ2v) is 7.38. The number of hydrazine groups is 1. The largest absolute Gasteiger partial charge is 0.294 e. The quantitative estimate of drug-likeness (QED) is 0.405. The van der Waals surface area contributed by atoms with E-state index in [2.05, 4.69) is 19.3 Å². The van der Waals surface area contributed by atoms with Crippen molar-refractivity contribution in [3.8, 4) is 0 Å². The third-order valence-corrected chi connectivity index (χ3v) is 5.24. The van der Waals surface area contributed by atoms with Crippen LogP contribution in [0.3, 0.4) is 0 Å². The molecule has 4 rings (SSSR count). The van der Waals surface area contributed by atoms with Gasteiger partial charge in [-0.05, 0) is 55.3 Å². The van der Waals surface area contributed by atoms with Gasteiger partial charge in [-0.3, -0.25) is 10.2 Å². The van der Waals surface area contributed by atoms with Crippen molar-refractivity contribution in [3.63, 3.8) is 0 Å². The van der Waals surface area contributed by atoms with E-state index in [9.17, 15) is 4.79 Å². The molecular formula is C13H22N2O. The van der Waals surface area contributed by atoms with Gasteiger partial charge >= 0.3 is 0 Å². The van der Waals surface area contributed by atoms with E-state index in [1.54, 1.807) is 0 Å². The first-order valence-corrected chi connectivity index (χ1v) is 6.40. The van der Waals surface area contributed by atoms with E-state index < -0.39 is 0 Å². The van der Waals surface area contributed by atoms with Gasteiger partial charge in [0, 0.05) is 0 Å². The van der Waals surface area contributed by atoms with E-state index in [1.165, 1.54) is 19.3 Å². The van der Waals surface area contributed by atoms with Gasteiger partial charge < -0.3 is 0 Å². The molecule has 0 heterocycles. The van der Waals surface area contributed by atoms with Crippen molar-refractivity contribution in [1.29, 1.82) is 0 Å². The third-order valence-electron chi connectivity index (χ3n) is 5.24. The maximum atomic E-state index is 12.1. The van der Waals surface area contributed by atoms with Gasteiger partial charge in [-0.25, -0.2) is 5.84 Å². The van der Waals surface area contributed by atoms with E-state index >= 15 is 0 Å². The highest BCUT2D eigenvalue weighted by Crippen LogP contribution is 2.69. The summed E-state index contributed by atoms with van der Waals surface area (Å²) in [6, 6.07) is 0. The van der Waals surface area contributed by atoms with Crippen LogP contribution in [0.5, 0.6) is 0 Å². The van der Waals surface area contributed by atoms with Crippen LogP contribution in [0, 0.1) is 22.2 Å². The second-order valence-electron chi connectivity index (χ2n) is 7.38. The lowest BCUT2D eigenvalue weighted by atomic mass is 9.40. The Hall–Kier alpha value is -0.570. The minimum Gasteiger partial charge on any atom is -0.294 e. The third kappa shape index (κ3) is 1.27. The normalized spacial score (nSPS) is 54.1. The molecule has 3 N–H and O–H groups in total. The van der Waals surface area contributed by atoms with Gasteiger partial charge in [0.15, 0.2) is 0 Å². The number of nitrogens with two attached hydrogens (primary N) is 1.